The lowest BCUT2D eigenvalue weighted by Gasteiger charge is -2.32. The fourth-order valence-corrected chi connectivity index (χ4v) is 5.64. The number of amides is 1. The quantitative estimate of drug-likeness (QED) is 0.625. The molecule has 1 fully saturated rings. The van der Waals surface area contributed by atoms with E-state index in [0.29, 0.717) is 12.5 Å². The number of piperidine rings is 1. The summed E-state index contributed by atoms with van der Waals surface area (Å²) in [6, 6.07) is 9.47. The van der Waals surface area contributed by atoms with Crippen LogP contribution in [-0.2, 0) is 16.4 Å². The Hall–Kier alpha value is -1.94. The molecule has 0 atom stereocenters. The summed E-state index contributed by atoms with van der Waals surface area (Å²) in [7, 11) is -1.94. The van der Waals surface area contributed by atoms with Crippen molar-refractivity contribution in [2.45, 2.75) is 24.2 Å². The number of thiophene rings is 1. The van der Waals surface area contributed by atoms with Gasteiger partial charge < -0.3 is 15.4 Å². The molecule has 2 aromatic rings. The van der Waals surface area contributed by atoms with Crippen LogP contribution in [0.1, 0.15) is 28.1 Å². The first-order valence-corrected chi connectivity index (χ1v) is 12.0. The largest absolute Gasteiger partial charge is 0.497 e. The second-order valence-corrected chi connectivity index (χ2v) is 9.92. The summed E-state index contributed by atoms with van der Waals surface area (Å²) in [5, 5.41) is 1.45. The summed E-state index contributed by atoms with van der Waals surface area (Å²) in [6.07, 6.45) is 2.91. The second kappa shape index (κ2) is 9.71. The normalized spacial score (nSPS) is 16.0. The van der Waals surface area contributed by atoms with Gasteiger partial charge in [-0.2, -0.15) is 0 Å². The molecule has 7 nitrogen and oxygen atoms in total. The van der Waals surface area contributed by atoms with Crippen LogP contribution in [0.2, 0.25) is 0 Å². The van der Waals surface area contributed by atoms with Crippen molar-refractivity contribution in [2.24, 2.45) is 11.7 Å². The molecule has 3 rings (SSSR count). The second-order valence-electron chi connectivity index (χ2n) is 7.25. The maximum Gasteiger partial charge on any atom is 0.258 e. The highest BCUT2D eigenvalue weighted by Gasteiger charge is 2.23. The number of primary amides is 1. The van der Waals surface area contributed by atoms with Crippen molar-refractivity contribution < 1.29 is 17.9 Å². The average Bonchev–Trinajstić information content (AvgIpc) is 3.24. The first-order chi connectivity index (χ1) is 13.9. The lowest BCUT2D eigenvalue weighted by atomic mass is 9.97. The lowest BCUT2D eigenvalue weighted by Crippen LogP contribution is -2.39. The van der Waals surface area contributed by atoms with E-state index in [1.54, 1.807) is 7.11 Å². The Morgan fingerprint density at radius 2 is 1.97 bits per heavy atom. The minimum atomic E-state index is -3.61. The monoisotopic (exact) mass is 437 g/mol. The van der Waals surface area contributed by atoms with Crippen molar-refractivity contribution in [3.05, 3.63) is 46.2 Å². The number of carbonyl (C=O) groups is 1. The van der Waals surface area contributed by atoms with Crippen LogP contribution in [0.4, 0.5) is 0 Å². The Labute approximate surface area is 175 Å². The van der Waals surface area contributed by atoms with Gasteiger partial charge in [0.15, 0.2) is 0 Å². The maximum atomic E-state index is 12.4. The zero-order valence-corrected chi connectivity index (χ0v) is 18.1. The number of sulfonamides is 1. The number of nitrogens with one attached hydrogen (secondary N) is 1. The molecular weight excluding hydrogens is 410 g/mol. The highest BCUT2D eigenvalue weighted by Crippen LogP contribution is 2.21. The van der Waals surface area contributed by atoms with Crippen LogP contribution in [-0.4, -0.2) is 52.5 Å². The third kappa shape index (κ3) is 6.02. The average molecular weight is 438 g/mol. The molecule has 2 heterocycles. The molecule has 0 saturated carbocycles. The van der Waals surface area contributed by atoms with Gasteiger partial charge in [-0.05, 0) is 62.0 Å². The number of nitrogens with zero attached hydrogens (tertiary/aromatic N) is 1. The van der Waals surface area contributed by atoms with E-state index in [1.165, 1.54) is 17.0 Å². The maximum absolute atomic E-state index is 12.4. The molecule has 1 aromatic carbocycles. The highest BCUT2D eigenvalue weighted by atomic mass is 32.2. The molecular formula is C20H27N3O4S2. The first-order valence-electron chi connectivity index (χ1n) is 9.60. The molecule has 1 aromatic heterocycles. The third-order valence-electron chi connectivity index (χ3n) is 5.27. The van der Waals surface area contributed by atoms with E-state index < -0.39 is 15.9 Å². The van der Waals surface area contributed by atoms with Gasteiger partial charge in [-0.1, -0.05) is 12.1 Å². The number of hydrogen-bond donors (Lipinski definition) is 2. The van der Waals surface area contributed by atoms with E-state index in [1.807, 2.05) is 12.1 Å². The van der Waals surface area contributed by atoms with E-state index in [9.17, 15) is 13.2 Å². The first kappa shape index (κ1) is 21.8. The highest BCUT2D eigenvalue weighted by molar-refractivity contribution is 7.89. The number of ether oxygens (including phenoxy) is 1. The van der Waals surface area contributed by atoms with E-state index in [2.05, 4.69) is 21.8 Å². The Morgan fingerprint density at radius 1 is 1.28 bits per heavy atom. The smallest absolute Gasteiger partial charge is 0.258 e. The summed E-state index contributed by atoms with van der Waals surface area (Å²) in [6.45, 7) is 3.34. The molecule has 1 amide bonds. The summed E-state index contributed by atoms with van der Waals surface area (Å²) in [5.41, 5.74) is 6.48. The summed E-state index contributed by atoms with van der Waals surface area (Å²) in [5.74, 6) is 0.569. The molecule has 1 aliphatic rings. The van der Waals surface area contributed by atoms with Gasteiger partial charge >= 0.3 is 0 Å². The van der Waals surface area contributed by atoms with Crippen LogP contribution in [0.5, 0.6) is 5.75 Å². The standard InChI is InChI=1S/C20H27N3O4S2/c1-27-17-4-2-15(3-5-17)6-9-23-10-7-16(8-11-23)13-22-29(25,26)18-12-19(20(21)24)28-14-18/h2-5,12,14,16,22H,6-11,13H2,1H3,(H2,21,24). The van der Waals surface area contributed by atoms with Gasteiger partial charge in [-0.3, -0.25) is 4.79 Å². The van der Waals surface area contributed by atoms with Crippen LogP contribution >= 0.6 is 11.3 Å². The predicted molar refractivity (Wildman–Crippen MR) is 114 cm³/mol. The third-order valence-corrected chi connectivity index (χ3v) is 7.77. The van der Waals surface area contributed by atoms with Crippen molar-refractivity contribution in [2.75, 3.05) is 33.3 Å². The molecule has 0 spiro atoms. The van der Waals surface area contributed by atoms with Gasteiger partial charge in [0.2, 0.25) is 10.0 Å². The van der Waals surface area contributed by atoms with Crippen molar-refractivity contribution in [1.29, 1.82) is 0 Å². The van der Waals surface area contributed by atoms with Gasteiger partial charge in [-0.25, -0.2) is 13.1 Å². The SMILES string of the molecule is COc1ccc(CCN2CCC(CNS(=O)(=O)c3csc(C(N)=O)c3)CC2)cc1. The van der Waals surface area contributed by atoms with Gasteiger partial charge in [0.1, 0.15) is 5.75 Å². The molecule has 158 valence electrons. The van der Waals surface area contributed by atoms with Crippen LogP contribution in [0.25, 0.3) is 0 Å². The number of nitrogens with two attached hydrogens (primary N) is 1. The van der Waals surface area contributed by atoms with Crippen molar-refractivity contribution in [1.82, 2.24) is 9.62 Å². The van der Waals surface area contributed by atoms with E-state index >= 15 is 0 Å². The van der Waals surface area contributed by atoms with Crippen LogP contribution < -0.4 is 15.2 Å². The molecule has 0 aliphatic carbocycles. The topological polar surface area (TPSA) is 102 Å². The summed E-state index contributed by atoms with van der Waals surface area (Å²) < 4.78 is 32.7. The van der Waals surface area contributed by atoms with E-state index in [0.717, 1.165) is 56.0 Å². The molecule has 1 aliphatic heterocycles. The molecule has 1 saturated heterocycles. The van der Waals surface area contributed by atoms with Gasteiger partial charge in [0, 0.05) is 18.5 Å². The fraction of sp³-hybridized carbons (Fsp3) is 0.450. The van der Waals surface area contributed by atoms with Crippen molar-refractivity contribution in [3.8, 4) is 5.75 Å². The number of rotatable bonds is 9. The van der Waals surface area contributed by atoms with Crippen LogP contribution in [0, 0.1) is 5.92 Å². The van der Waals surface area contributed by atoms with Crippen LogP contribution in [0.15, 0.2) is 40.6 Å². The number of methoxy groups -OCH3 is 1. The number of likely N-dealkylation sites (tertiary alicyclic amines) is 1. The summed E-state index contributed by atoms with van der Waals surface area (Å²) >= 11 is 1.04. The Balaban J connectivity index is 1.41. The molecule has 9 heteroatoms. The number of benzene rings is 1. The molecule has 0 radical (unpaired) electrons. The van der Waals surface area contributed by atoms with Crippen LogP contribution in [0.3, 0.4) is 0 Å². The Bertz CT molecular complexity index is 917. The van der Waals surface area contributed by atoms with E-state index in [4.69, 9.17) is 10.5 Å². The Kier molecular flexibility index (Phi) is 7.28. The van der Waals surface area contributed by atoms with Gasteiger partial charge in [-0.15, -0.1) is 11.3 Å². The summed E-state index contributed by atoms with van der Waals surface area (Å²) in [4.78, 5) is 13.9. The van der Waals surface area contributed by atoms with Gasteiger partial charge in [0.25, 0.3) is 5.91 Å². The minimum absolute atomic E-state index is 0.105. The molecule has 0 bridgehead atoms. The fourth-order valence-electron chi connectivity index (χ4n) is 3.39. The minimum Gasteiger partial charge on any atom is -0.497 e. The lowest BCUT2D eigenvalue weighted by molar-refractivity contribution is 0.100. The number of carbonyl (C=O) groups excluding carboxylic acids is 1. The van der Waals surface area contributed by atoms with Crippen molar-refractivity contribution in [3.63, 3.8) is 0 Å². The molecule has 3 N–H and O–H groups in total. The molecule has 29 heavy (non-hydrogen) atoms. The molecule has 0 unspecified atom stereocenters. The number of hydrogen-bond acceptors (Lipinski definition) is 6. The Morgan fingerprint density at radius 3 is 2.55 bits per heavy atom. The van der Waals surface area contributed by atoms with Gasteiger partial charge in [0.05, 0.1) is 16.9 Å². The zero-order valence-electron chi connectivity index (χ0n) is 16.5. The predicted octanol–water partition coefficient (Wildman–Crippen LogP) is 2.09. The zero-order chi connectivity index (χ0) is 20.9. The van der Waals surface area contributed by atoms with Crippen molar-refractivity contribution >= 4 is 27.3 Å². The van der Waals surface area contributed by atoms with E-state index in [-0.39, 0.29) is 9.77 Å².